The molecule has 4 aromatic rings. The first kappa shape index (κ1) is 19.7. The highest BCUT2D eigenvalue weighted by atomic mass is 32.2. The molecule has 0 spiro atoms. The van der Waals surface area contributed by atoms with Gasteiger partial charge in [0.05, 0.1) is 12.9 Å². The molecule has 0 aliphatic carbocycles. The van der Waals surface area contributed by atoms with Crippen LogP contribution in [0.2, 0.25) is 0 Å². The number of hydrogen-bond acceptors (Lipinski definition) is 6. The number of aromatic nitrogens is 4. The number of benzene rings is 3. The SMILES string of the molecule is COc1ccccc1-n1nnnc1SCC(=O)Nc1ccccc1-c1ccccc1. The summed E-state index contributed by atoms with van der Waals surface area (Å²) in [7, 11) is 1.59. The second-order valence-electron chi connectivity index (χ2n) is 6.29. The quantitative estimate of drug-likeness (QED) is 0.457. The Hall–Kier alpha value is -3.65. The van der Waals surface area contributed by atoms with E-state index in [1.807, 2.05) is 78.9 Å². The molecule has 0 saturated heterocycles. The highest BCUT2D eigenvalue weighted by molar-refractivity contribution is 7.99. The fourth-order valence-electron chi connectivity index (χ4n) is 3.00. The zero-order valence-electron chi connectivity index (χ0n) is 16.2. The standard InChI is InChI=1S/C22H19N5O2S/c1-29-20-14-8-7-13-19(20)27-22(24-25-26-27)30-15-21(28)23-18-12-6-5-11-17(18)16-9-3-2-4-10-16/h2-14H,15H2,1H3,(H,23,28). The lowest BCUT2D eigenvalue weighted by molar-refractivity contribution is -0.113. The summed E-state index contributed by atoms with van der Waals surface area (Å²) in [5, 5.41) is 15.3. The van der Waals surface area contributed by atoms with Gasteiger partial charge in [0.1, 0.15) is 11.4 Å². The summed E-state index contributed by atoms with van der Waals surface area (Å²) in [6.07, 6.45) is 0. The van der Waals surface area contributed by atoms with Crippen molar-refractivity contribution in [1.29, 1.82) is 0 Å². The van der Waals surface area contributed by atoms with Crippen LogP contribution in [0.15, 0.2) is 84.0 Å². The zero-order chi connectivity index (χ0) is 20.8. The van der Waals surface area contributed by atoms with E-state index < -0.39 is 0 Å². The molecule has 0 aliphatic rings. The third-order valence-corrected chi connectivity index (χ3v) is 5.29. The zero-order valence-corrected chi connectivity index (χ0v) is 17.0. The molecular formula is C22H19N5O2S. The van der Waals surface area contributed by atoms with Crippen molar-refractivity contribution in [3.63, 3.8) is 0 Å². The van der Waals surface area contributed by atoms with Crippen LogP contribution in [0.25, 0.3) is 16.8 Å². The monoisotopic (exact) mass is 417 g/mol. The number of ether oxygens (including phenoxy) is 1. The predicted octanol–water partition coefficient (Wildman–Crippen LogP) is 4.07. The van der Waals surface area contributed by atoms with E-state index in [4.69, 9.17) is 4.74 Å². The summed E-state index contributed by atoms with van der Waals surface area (Å²) >= 11 is 1.26. The highest BCUT2D eigenvalue weighted by Crippen LogP contribution is 2.28. The molecule has 1 heterocycles. The van der Waals surface area contributed by atoms with Gasteiger partial charge in [0.15, 0.2) is 0 Å². The molecule has 1 amide bonds. The van der Waals surface area contributed by atoms with E-state index in [0.717, 1.165) is 16.8 Å². The van der Waals surface area contributed by atoms with Gasteiger partial charge in [-0.05, 0) is 34.2 Å². The minimum absolute atomic E-state index is 0.141. The maximum atomic E-state index is 12.6. The van der Waals surface area contributed by atoms with E-state index in [2.05, 4.69) is 20.8 Å². The molecule has 1 N–H and O–H groups in total. The average Bonchev–Trinajstić information content (AvgIpc) is 3.27. The minimum atomic E-state index is -0.141. The number of rotatable bonds is 7. The molecule has 0 bridgehead atoms. The molecule has 4 rings (SSSR count). The fourth-order valence-corrected chi connectivity index (χ4v) is 3.69. The lowest BCUT2D eigenvalue weighted by Crippen LogP contribution is -2.15. The summed E-state index contributed by atoms with van der Waals surface area (Å²) in [5.41, 5.74) is 3.48. The summed E-state index contributed by atoms with van der Waals surface area (Å²) in [5.74, 6) is 0.671. The van der Waals surface area contributed by atoms with Crippen molar-refractivity contribution in [1.82, 2.24) is 20.2 Å². The van der Waals surface area contributed by atoms with Gasteiger partial charge in [0.25, 0.3) is 0 Å². The molecule has 0 fully saturated rings. The smallest absolute Gasteiger partial charge is 0.234 e. The second-order valence-corrected chi connectivity index (χ2v) is 7.24. The Morgan fingerprint density at radius 1 is 1.00 bits per heavy atom. The van der Waals surface area contributed by atoms with Gasteiger partial charge in [0, 0.05) is 11.3 Å². The number of hydrogen-bond donors (Lipinski definition) is 1. The summed E-state index contributed by atoms with van der Waals surface area (Å²) in [4.78, 5) is 12.6. The minimum Gasteiger partial charge on any atom is -0.494 e. The van der Waals surface area contributed by atoms with Crippen molar-refractivity contribution in [2.75, 3.05) is 18.2 Å². The number of carbonyl (C=O) groups is 1. The number of para-hydroxylation sites is 3. The topological polar surface area (TPSA) is 81.9 Å². The summed E-state index contributed by atoms with van der Waals surface area (Å²) in [6, 6.07) is 25.1. The molecular weight excluding hydrogens is 398 g/mol. The molecule has 1 aromatic heterocycles. The first-order valence-electron chi connectivity index (χ1n) is 9.25. The Kier molecular flexibility index (Phi) is 6.05. The van der Waals surface area contributed by atoms with Crippen LogP contribution in [0.4, 0.5) is 5.69 Å². The van der Waals surface area contributed by atoms with Gasteiger partial charge in [-0.2, -0.15) is 4.68 Å². The third kappa shape index (κ3) is 4.33. The number of amides is 1. The number of methoxy groups -OCH3 is 1. The number of thioether (sulfide) groups is 1. The number of nitrogens with zero attached hydrogens (tertiary/aromatic N) is 4. The Morgan fingerprint density at radius 3 is 2.57 bits per heavy atom. The van der Waals surface area contributed by atoms with Gasteiger partial charge in [-0.25, -0.2) is 0 Å². The van der Waals surface area contributed by atoms with Gasteiger partial charge in [0.2, 0.25) is 11.1 Å². The Labute approximate surface area is 178 Å². The van der Waals surface area contributed by atoms with Crippen LogP contribution in [-0.4, -0.2) is 39.0 Å². The molecule has 30 heavy (non-hydrogen) atoms. The fraction of sp³-hybridized carbons (Fsp3) is 0.0909. The third-order valence-electron chi connectivity index (χ3n) is 4.37. The van der Waals surface area contributed by atoms with E-state index in [-0.39, 0.29) is 11.7 Å². The van der Waals surface area contributed by atoms with Crippen molar-refractivity contribution >= 4 is 23.4 Å². The predicted molar refractivity (Wildman–Crippen MR) is 117 cm³/mol. The molecule has 0 radical (unpaired) electrons. The van der Waals surface area contributed by atoms with Crippen LogP contribution < -0.4 is 10.1 Å². The van der Waals surface area contributed by atoms with Crippen molar-refractivity contribution in [3.05, 3.63) is 78.9 Å². The van der Waals surface area contributed by atoms with Crippen LogP contribution >= 0.6 is 11.8 Å². The Bertz CT molecular complexity index is 1150. The highest BCUT2D eigenvalue weighted by Gasteiger charge is 2.15. The van der Waals surface area contributed by atoms with Crippen molar-refractivity contribution < 1.29 is 9.53 Å². The Balaban J connectivity index is 1.47. The summed E-state index contributed by atoms with van der Waals surface area (Å²) in [6.45, 7) is 0. The van der Waals surface area contributed by atoms with E-state index in [0.29, 0.717) is 16.6 Å². The van der Waals surface area contributed by atoms with Crippen LogP contribution in [-0.2, 0) is 4.79 Å². The van der Waals surface area contributed by atoms with Gasteiger partial charge >= 0.3 is 0 Å². The number of tetrazole rings is 1. The van der Waals surface area contributed by atoms with E-state index in [9.17, 15) is 4.79 Å². The van der Waals surface area contributed by atoms with Crippen LogP contribution in [0.3, 0.4) is 0 Å². The lowest BCUT2D eigenvalue weighted by atomic mass is 10.0. The molecule has 7 nitrogen and oxygen atoms in total. The summed E-state index contributed by atoms with van der Waals surface area (Å²) < 4.78 is 6.94. The van der Waals surface area contributed by atoms with Gasteiger partial charge in [-0.1, -0.05) is 72.4 Å². The maximum absolute atomic E-state index is 12.6. The molecule has 0 unspecified atom stereocenters. The average molecular weight is 417 g/mol. The van der Waals surface area contributed by atoms with Crippen molar-refractivity contribution in [3.8, 4) is 22.6 Å². The van der Waals surface area contributed by atoms with Gasteiger partial charge in [-0.15, -0.1) is 5.10 Å². The first-order valence-corrected chi connectivity index (χ1v) is 10.2. The largest absolute Gasteiger partial charge is 0.494 e. The van der Waals surface area contributed by atoms with E-state index in [1.165, 1.54) is 11.8 Å². The maximum Gasteiger partial charge on any atom is 0.234 e. The van der Waals surface area contributed by atoms with E-state index >= 15 is 0 Å². The molecule has 0 saturated carbocycles. The second kappa shape index (κ2) is 9.23. The van der Waals surface area contributed by atoms with Crippen molar-refractivity contribution in [2.45, 2.75) is 5.16 Å². The van der Waals surface area contributed by atoms with Crippen LogP contribution in [0.1, 0.15) is 0 Å². The molecule has 0 atom stereocenters. The number of nitrogens with one attached hydrogen (secondary N) is 1. The molecule has 0 aliphatic heterocycles. The van der Waals surface area contributed by atoms with Crippen molar-refractivity contribution in [2.24, 2.45) is 0 Å². The van der Waals surface area contributed by atoms with Crippen LogP contribution in [0, 0.1) is 0 Å². The normalized spacial score (nSPS) is 10.6. The van der Waals surface area contributed by atoms with Gasteiger partial charge in [-0.3, -0.25) is 4.79 Å². The first-order chi connectivity index (χ1) is 14.8. The van der Waals surface area contributed by atoms with E-state index in [1.54, 1.807) is 11.8 Å². The van der Waals surface area contributed by atoms with Crippen LogP contribution in [0.5, 0.6) is 5.75 Å². The molecule has 150 valence electrons. The van der Waals surface area contributed by atoms with Gasteiger partial charge < -0.3 is 10.1 Å². The lowest BCUT2D eigenvalue weighted by Gasteiger charge is -2.11. The molecule has 3 aromatic carbocycles. The molecule has 8 heteroatoms. The Morgan fingerprint density at radius 2 is 1.73 bits per heavy atom. The number of anilines is 1. The number of carbonyl (C=O) groups excluding carboxylic acids is 1.